The van der Waals surface area contributed by atoms with E-state index in [1.807, 2.05) is 31.3 Å². The van der Waals surface area contributed by atoms with Crippen molar-refractivity contribution >= 4 is 0 Å². The monoisotopic (exact) mass is 249 g/mol. The topological polar surface area (TPSA) is 30.5 Å². The molecule has 0 spiro atoms. The normalized spacial score (nSPS) is 17.0. The lowest BCUT2D eigenvalue weighted by Gasteiger charge is -2.42. The third-order valence-corrected chi connectivity index (χ3v) is 3.93. The van der Waals surface area contributed by atoms with E-state index >= 15 is 0 Å². The fourth-order valence-electron chi connectivity index (χ4n) is 2.68. The van der Waals surface area contributed by atoms with E-state index in [1.165, 1.54) is 19.3 Å². The summed E-state index contributed by atoms with van der Waals surface area (Å²) in [7, 11) is 3.71. The molecule has 1 fully saturated rings. The lowest BCUT2D eigenvalue weighted by molar-refractivity contribution is 0.0938. The van der Waals surface area contributed by atoms with E-state index in [-0.39, 0.29) is 0 Å². The van der Waals surface area contributed by atoms with Crippen LogP contribution >= 0.6 is 0 Å². The van der Waals surface area contributed by atoms with Gasteiger partial charge in [-0.1, -0.05) is 18.6 Å². The Bertz CT molecular complexity index is 375. The van der Waals surface area contributed by atoms with Gasteiger partial charge in [-0.05, 0) is 43.9 Å². The maximum atomic E-state index is 5.85. The first-order valence-electron chi connectivity index (χ1n) is 6.70. The number of nitrogens with one attached hydrogen (secondary N) is 1. The third kappa shape index (κ3) is 2.96. The van der Waals surface area contributed by atoms with Crippen molar-refractivity contribution in [3.05, 3.63) is 24.3 Å². The lowest BCUT2D eigenvalue weighted by Crippen LogP contribution is -2.39. The first-order valence-corrected chi connectivity index (χ1v) is 6.70. The quantitative estimate of drug-likeness (QED) is 0.806. The van der Waals surface area contributed by atoms with Crippen molar-refractivity contribution < 1.29 is 9.47 Å². The second-order valence-electron chi connectivity index (χ2n) is 5.13. The number of para-hydroxylation sites is 2. The van der Waals surface area contributed by atoms with Crippen LogP contribution in [-0.4, -0.2) is 27.3 Å². The van der Waals surface area contributed by atoms with Crippen LogP contribution in [0.5, 0.6) is 11.5 Å². The summed E-state index contributed by atoms with van der Waals surface area (Å²) >= 11 is 0. The van der Waals surface area contributed by atoms with Crippen LogP contribution in [0.3, 0.4) is 0 Å². The van der Waals surface area contributed by atoms with E-state index < -0.39 is 0 Å². The van der Waals surface area contributed by atoms with Gasteiger partial charge >= 0.3 is 0 Å². The minimum atomic E-state index is 0.469. The molecule has 0 atom stereocenters. The van der Waals surface area contributed by atoms with Crippen molar-refractivity contribution in [2.45, 2.75) is 25.7 Å². The van der Waals surface area contributed by atoms with Crippen LogP contribution in [0.25, 0.3) is 0 Å². The Balaban J connectivity index is 1.84. The van der Waals surface area contributed by atoms with Crippen LogP contribution in [0.2, 0.25) is 0 Å². The van der Waals surface area contributed by atoms with Crippen LogP contribution in [0, 0.1) is 5.41 Å². The van der Waals surface area contributed by atoms with Crippen LogP contribution in [-0.2, 0) is 0 Å². The van der Waals surface area contributed by atoms with E-state index in [9.17, 15) is 0 Å². The van der Waals surface area contributed by atoms with Gasteiger partial charge in [0.05, 0.1) is 13.7 Å². The molecule has 0 amide bonds. The van der Waals surface area contributed by atoms with E-state index in [0.29, 0.717) is 5.41 Å². The van der Waals surface area contributed by atoms with Crippen molar-refractivity contribution in [1.29, 1.82) is 0 Å². The number of benzene rings is 1. The molecule has 1 aliphatic rings. The second-order valence-corrected chi connectivity index (χ2v) is 5.13. The minimum Gasteiger partial charge on any atom is -0.493 e. The molecule has 18 heavy (non-hydrogen) atoms. The van der Waals surface area contributed by atoms with Gasteiger partial charge in [0.25, 0.3) is 0 Å². The molecule has 1 aromatic carbocycles. The zero-order valence-electron chi connectivity index (χ0n) is 11.4. The summed E-state index contributed by atoms with van der Waals surface area (Å²) in [5.74, 6) is 1.66. The van der Waals surface area contributed by atoms with Crippen LogP contribution in [0.15, 0.2) is 24.3 Å². The summed E-state index contributed by atoms with van der Waals surface area (Å²) in [4.78, 5) is 0. The highest BCUT2D eigenvalue weighted by Crippen LogP contribution is 2.43. The molecule has 1 saturated carbocycles. The second kappa shape index (κ2) is 6.10. The molecule has 1 aromatic rings. The Morgan fingerprint density at radius 3 is 2.50 bits per heavy atom. The number of methoxy groups -OCH3 is 1. The average molecular weight is 249 g/mol. The number of ether oxygens (including phenoxy) is 2. The van der Waals surface area contributed by atoms with Crippen LogP contribution in [0.1, 0.15) is 25.7 Å². The van der Waals surface area contributed by atoms with Gasteiger partial charge in [-0.3, -0.25) is 0 Å². The summed E-state index contributed by atoms with van der Waals surface area (Å²) in [5.41, 5.74) is 0.469. The fraction of sp³-hybridized carbons (Fsp3) is 0.600. The minimum absolute atomic E-state index is 0.469. The fourth-order valence-corrected chi connectivity index (χ4v) is 2.68. The summed E-state index contributed by atoms with van der Waals surface area (Å²) in [6, 6.07) is 7.83. The van der Waals surface area contributed by atoms with Crippen molar-refractivity contribution in [3.63, 3.8) is 0 Å². The highest BCUT2D eigenvalue weighted by atomic mass is 16.5. The van der Waals surface area contributed by atoms with Gasteiger partial charge in [0, 0.05) is 6.54 Å². The molecule has 2 rings (SSSR count). The Hall–Kier alpha value is -1.22. The number of hydrogen-bond acceptors (Lipinski definition) is 3. The predicted octanol–water partition coefficient (Wildman–Crippen LogP) is 2.85. The van der Waals surface area contributed by atoms with E-state index in [2.05, 4.69) is 5.32 Å². The van der Waals surface area contributed by atoms with E-state index in [0.717, 1.165) is 31.1 Å². The molecule has 0 heterocycles. The largest absolute Gasteiger partial charge is 0.493 e. The standard InChI is InChI=1S/C15H23NO2/c1-16-12-15(8-5-9-15)10-11-18-14-7-4-3-6-13(14)17-2/h3-4,6-7,16H,5,8-12H2,1-2H3. The Labute approximate surface area is 109 Å². The molecule has 0 radical (unpaired) electrons. The van der Waals surface area contributed by atoms with E-state index in [1.54, 1.807) is 7.11 Å². The molecule has 0 aromatic heterocycles. The summed E-state index contributed by atoms with van der Waals surface area (Å²) in [6.07, 6.45) is 5.12. The first-order chi connectivity index (χ1) is 8.79. The van der Waals surface area contributed by atoms with Gasteiger partial charge < -0.3 is 14.8 Å². The maximum Gasteiger partial charge on any atom is 0.161 e. The highest BCUT2D eigenvalue weighted by Gasteiger charge is 2.35. The molecule has 3 nitrogen and oxygen atoms in total. The first kappa shape index (κ1) is 13.2. The van der Waals surface area contributed by atoms with Gasteiger partial charge in [-0.25, -0.2) is 0 Å². The SMILES string of the molecule is CNCC1(CCOc2ccccc2OC)CCC1. The lowest BCUT2D eigenvalue weighted by atomic mass is 9.67. The van der Waals surface area contributed by atoms with Crippen LogP contribution in [0.4, 0.5) is 0 Å². The number of rotatable bonds is 7. The summed E-state index contributed by atoms with van der Waals surface area (Å²) < 4.78 is 11.1. The van der Waals surface area contributed by atoms with E-state index in [4.69, 9.17) is 9.47 Å². The molecule has 3 heteroatoms. The third-order valence-electron chi connectivity index (χ3n) is 3.93. The summed E-state index contributed by atoms with van der Waals surface area (Å²) in [5, 5.41) is 3.30. The molecular weight excluding hydrogens is 226 g/mol. The molecule has 1 aliphatic carbocycles. The molecule has 1 N–H and O–H groups in total. The van der Waals surface area contributed by atoms with Crippen LogP contribution < -0.4 is 14.8 Å². The highest BCUT2D eigenvalue weighted by molar-refractivity contribution is 5.39. The molecule has 0 aliphatic heterocycles. The zero-order chi connectivity index (χ0) is 12.8. The van der Waals surface area contributed by atoms with Crippen molar-refractivity contribution in [2.75, 3.05) is 27.3 Å². The average Bonchev–Trinajstić information content (AvgIpc) is 2.36. The molecule has 0 unspecified atom stereocenters. The van der Waals surface area contributed by atoms with Gasteiger partial charge in [-0.2, -0.15) is 0 Å². The molecule has 0 saturated heterocycles. The Morgan fingerprint density at radius 2 is 1.94 bits per heavy atom. The van der Waals surface area contributed by atoms with Crippen molar-refractivity contribution in [3.8, 4) is 11.5 Å². The predicted molar refractivity (Wildman–Crippen MR) is 73.3 cm³/mol. The van der Waals surface area contributed by atoms with Gasteiger partial charge in [0.2, 0.25) is 0 Å². The van der Waals surface area contributed by atoms with Gasteiger partial charge in [-0.15, -0.1) is 0 Å². The Kier molecular flexibility index (Phi) is 4.48. The summed E-state index contributed by atoms with van der Waals surface area (Å²) in [6.45, 7) is 1.87. The van der Waals surface area contributed by atoms with Gasteiger partial charge in [0.1, 0.15) is 0 Å². The molecule has 0 bridgehead atoms. The van der Waals surface area contributed by atoms with Crippen molar-refractivity contribution in [1.82, 2.24) is 5.32 Å². The smallest absolute Gasteiger partial charge is 0.161 e. The zero-order valence-corrected chi connectivity index (χ0v) is 11.4. The molecular formula is C15H23NO2. The number of hydrogen-bond donors (Lipinski definition) is 1. The maximum absolute atomic E-state index is 5.85. The van der Waals surface area contributed by atoms with Gasteiger partial charge in [0.15, 0.2) is 11.5 Å². The Morgan fingerprint density at radius 1 is 1.22 bits per heavy atom. The molecule has 100 valence electrons. The van der Waals surface area contributed by atoms with Crippen molar-refractivity contribution in [2.24, 2.45) is 5.41 Å².